The van der Waals surface area contributed by atoms with Crippen molar-refractivity contribution in [1.82, 2.24) is 9.97 Å². The second-order valence-corrected chi connectivity index (χ2v) is 6.82. The van der Waals surface area contributed by atoms with Crippen molar-refractivity contribution in [2.24, 2.45) is 0 Å². The highest BCUT2D eigenvalue weighted by Gasteiger charge is 2.30. The van der Waals surface area contributed by atoms with E-state index in [1.807, 2.05) is 18.2 Å². The quantitative estimate of drug-likeness (QED) is 0.310. The monoisotopic (exact) mass is 449 g/mol. The SMILES string of the molecule is COc1c(F)c(F)c(C(=O)Nc2cc(-c3nc4ccccc4[nH]3)ccc2Cl)c(F)c1F. The summed E-state index contributed by atoms with van der Waals surface area (Å²) in [6, 6.07) is 11.7. The summed E-state index contributed by atoms with van der Waals surface area (Å²) in [6.07, 6.45) is 0. The summed E-state index contributed by atoms with van der Waals surface area (Å²) in [6.45, 7) is 0. The van der Waals surface area contributed by atoms with Gasteiger partial charge in [0.05, 0.1) is 28.9 Å². The van der Waals surface area contributed by atoms with E-state index < -0.39 is 40.5 Å². The number of nitrogens with zero attached hydrogens (tertiary/aromatic N) is 1. The zero-order valence-corrected chi connectivity index (χ0v) is 16.5. The number of nitrogens with one attached hydrogen (secondary N) is 2. The number of carbonyl (C=O) groups is 1. The fourth-order valence-electron chi connectivity index (χ4n) is 3.03. The topological polar surface area (TPSA) is 67.0 Å². The van der Waals surface area contributed by atoms with E-state index in [4.69, 9.17) is 11.6 Å². The van der Waals surface area contributed by atoms with Gasteiger partial charge in [0.25, 0.3) is 5.91 Å². The van der Waals surface area contributed by atoms with Gasteiger partial charge in [0.1, 0.15) is 11.4 Å². The Labute approximate surface area is 177 Å². The minimum atomic E-state index is -1.89. The number of rotatable bonds is 4. The van der Waals surface area contributed by atoms with E-state index >= 15 is 0 Å². The molecule has 0 aliphatic heterocycles. The minimum Gasteiger partial charge on any atom is -0.491 e. The van der Waals surface area contributed by atoms with E-state index in [1.165, 1.54) is 12.1 Å². The second kappa shape index (κ2) is 7.92. The molecule has 3 aromatic carbocycles. The van der Waals surface area contributed by atoms with E-state index in [1.54, 1.807) is 12.1 Å². The Bertz CT molecular complexity index is 1280. The van der Waals surface area contributed by atoms with Crippen molar-refractivity contribution in [1.29, 1.82) is 0 Å². The van der Waals surface area contributed by atoms with Crippen molar-refractivity contribution >= 4 is 34.2 Å². The maximum atomic E-state index is 14.2. The molecule has 0 saturated carbocycles. The van der Waals surface area contributed by atoms with Crippen LogP contribution in [0.3, 0.4) is 0 Å². The molecule has 0 radical (unpaired) electrons. The Kier molecular flexibility index (Phi) is 5.28. The molecule has 0 bridgehead atoms. The largest absolute Gasteiger partial charge is 0.491 e. The van der Waals surface area contributed by atoms with Crippen LogP contribution in [0.15, 0.2) is 42.5 Å². The molecule has 4 rings (SSSR count). The number of para-hydroxylation sites is 2. The van der Waals surface area contributed by atoms with Gasteiger partial charge >= 0.3 is 0 Å². The summed E-state index contributed by atoms with van der Waals surface area (Å²) in [5.74, 6) is -9.68. The summed E-state index contributed by atoms with van der Waals surface area (Å²) in [5, 5.41) is 2.21. The van der Waals surface area contributed by atoms with E-state index in [-0.39, 0.29) is 10.7 Å². The molecular weight excluding hydrogens is 438 g/mol. The van der Waals surface area contributed by atoms with Crippen LogP contribution in [0.2, 0.25) is 5.02 Å². The highest BCUT2D eigenvalue weighted by Crippen LogP contribution is 2.32. The lowest BCUT2D eigenvalue weighted by atomic mass is 10.1. The average Bonchev–Trinajstić information content (AvgIpc) is 3.19. The van der Waals surface area contributed by atoms with Crippen molar-refractivity contribution < 1.29 is 27.1 Å². The standard InChI is InChI=1S/C21H12ClF4N3O2/c1-31-19-17(25)15(23)14(16(24)18(19)26)21(30)29-13-8-9(6-7-10(13)22)20-27-11-4-2-3-5-12(11)28-20/h2-8H,1H3,(H,27,28)(H,29,30). The summed E-state index contributed by atoms with van der Waals surface area (Å²) in [4.78, 5) is 20.0. The molecule has 10 heteroatoms. The molecule has 4 aromatic rings. The first kappa shape index (κ1) is 20.7. The third-order valence-electron chi connectivity index (χ3n) is 4.53. The van der Waals surface area contributed by atoms with Gasteiger partial charge < -0.3 is 15.0 Å². The Morgan fingerprint density at radius 2 is 1.71 bits per heavy atom. The first-order valence-electron chi connectivity index (χ1n) is 8.77. The Morgan fingerprint density at radius 1 is 1.03 bits per heavy atom. The molecule has 0 saturated heterocycles. The van der Waals surface area contributed by atoms with Gasteiger partial charge in [-0.15, -0.1) is 0 Å². The number of aromatic amines is 1. The maximum Gasteiger partial charge on any atom is 0.261 e. The van der Waals surface area contributed by atoms with Crippen LogP contribution >= 0.6 is 11.6 Å². The third-order valence-corrected chi connectivity index (χ3v) is 4.86. The Morgan fingerprint density at radius 3 is 2.35 bits per heavy atom. The van der Waals surface area contributed by atoms with Gasteiger partial charge in [0, 0.05) is 5.56 Å². The molecule has 1 aromatic heterocycles. The summed E-state index contributed by atoms with van der Waals surface area (Å²) in [7, 11) is 0.837. The molecule has 31 heavy (non-hydrogen) atoms. The first-order chi connectivity index (χ1) is 14.8. The lowest BCUT2D eigenvalue weighted by Gasteiger charge is -2.12. The number of hydrogen-bond donors (Lipinski definition) is 2. The van der Waals surface area contributed by atoms with Crippen molar-refractivity contribution in [3.05, 3.63) is 76.3 Å². The van der Waals surface area contributed by atoms with Crippen molar-refractivity contribution in [2.45, 2.75) is 0 Å². The zero-order valence-electron chi connectivity index (χ0n) is 15.7. The van der Waals surface area contributed by atoms with Gasteiger partial charge in [-0.1, -0.05) is 23.7 Å². The highest BCUT2D eigenvalue weighted by molar-refractivity contribution is 6.34. The Hall–Kier alpha value is -3.59. The minimum absolute atomic E-state index is 0.0310. The smallest absolute Gasteiger partial charge is 0.261 e. The molecule has 0 aliphatic carbocycles. The van der Waals surface area contributed by atoms with E-state index in [0.717, 1.165) is 12.6 Å². The van der Waals surface area contributed by atoms with Gasteiger partial charge in [0.2, 0.25) is 11.6 Å². The molecule has 2 N–H and O–H groups in total. The van der Waals surface area contributed by atoms with Gasteiger partial charge in [-0.2, -0.15) is 8.78 Å². The molecular formula is C21H12ClF4N3O2. The molecule has 1 heterocycles. The van der Waals surface area contributed by atoms with Gasteiger partial charge in [-0.3, -0.25) is 4.79 Å². The average molecular weight is 450 g/mol. The Balaban J connectivity index is 1.72. The van der Waals surface area contributed by atoms with Crippen LogP contribution in [0.4, 0.5) is 23.2 Å². The molecule has 158 valence electrons. The summed E-state index contributed by atoms with van der Waals surface area (Å²) < 4.78 is 60.7. The van der Waals surface area contributed by atoms with Crippen molar-refractivity contribution in [2.75, 3.05) is 12.4 Å². The molecule has 5 nitrogen and oxygen atoms in total. The number of aromatic nitrogens is 2. The fraction of sp³-hybridized carbons (Fsp3) is 0.0476. The van der Waals surface area contributed by atoms with Crippen molar-refractivity contribution in [3.63, 3.8) is 0 Å². The second-order valence-electron chi connectivity index (χ2n) is 6.42. The van der Waals surface area contributed by atoms with Gasteiger partial charge in [-0.25, -0.2) is 13.8 Å². The molecule has 0 atom stereocenters. The van der Waals surface area contributed by atoms with Crippen LogP contribution in [0.25, 0.3) is 22.4 Å². The van der Waals surface area contributed by atoms with Crippen molar-refractivity contribution in [3.8, 4) is 17.1 Å². The van der Waals surface area contributed by atoms with Crippen LogP contribution in [-0.4, -0.2) is 23.0 Å². The van der Waals surface area contributed by atoms with Crippen LogP contribution in [0, 0.1) is 23.3 Å². The van der Waals surface area contributed by atoms with Crippen LogP contribution in [-0.2, 0) is 0 Å². The highest BCUT2D eigenvalue weighted by atomic mass is 35.5. The number of imidazole rings is 1. The van der Waals surface area contributed by atoms with Crippen LogP contribution in [0.1, 0.15) is 10.4 Å². The lowest BCUT2D eigenvalue weighted by molar-refractivity contribution is 0.101. The fourth-order valence-corrected chi connectivity index (χ4v) is 3.20. The molecule has 0 aliphatic rings. The summed E-state index contributed by atoms with van der Waals surface area (Å²) >= 11 is 6.08. The maximum absolute atomic E-state index is 14.2. The number of amides is 1. The zero-order chi connectivity index (χ0) is 22.3. The number of carbonyl (C=O) groups excluding carboxylic acids is 1. The normalized spacial score (nSPS) is 11.0. The molecule has 0 fully saturated rings. The van der Waals surface area contributed by atoms with E-state index in [0.29, 0.717) is 16.9 Å². The number of benzene rings is 3. The molecule has 0 unspecified atom stereocenters. The number of fused-ring (bicyclic) bond motifs is 1. The molecule has 0 spiro atoms. The van der Waals surface area contributed by atoms with E-state index in [2.05, 4.69) is 20.0 Å². The summed E-state index contributed by atoms with van der Waals surface area (Å²) in [5.41, 5.74) is 0.489. The lowest BCUT2D eigenvalue weighted by Crippen LogP contribution is -2.19. The number of hydrogen-bond acceptors (Lipinski definition) is 3. The first-order valence-corrected chi connectivity index (χ1v) is 9.15. The predicted molar refractivity (Wildman–Crippen MR) is 107 cm³/mol. The van der Waals surface area contributed by atoms with Gasteiger partial charge in [-0.05, 0) is 30.3 Å². The van der Waals surface area contributed by atoms with Crippen LogP contribution < -0.4 is 10.1 Å². The van der Waals surface area contributed by atoms with Crippen LogP contribution in [0.5, 0.6) is 5.75 Å². The molecule has 1 amide bonds. The number of anilines is 1. The predicted octanol–water partition coefficient (Wildman–Crippen LogP) is 5.70. The number of ether oxygens (including phenoxy) is 1. The number of methoxy groups -OCH3 is 1. The number of halogens is 5. The van der Waals surface area contributed by atoms with E-state index in [9.17, 15) is 22.4 Å². The third kappa shape index (κ3) is 3.57. The van der Waals surface area contributed by atoms with Gasteiger partial charge in [0.15, 0.2) is 17.4 Å². The number of H-pyrrole nitrogens is 1.